The Morgan fingerprint density at radius 2 is 1.65 bits per heavy atom. The highest BCUT2D eigenvalue weighted by Crippen LogP contribution is 2.19. The molecule has 110 valence electrons. The summed E-state index contributed by atoms with van der Waals surface area (Å²) in [5.74, 6) is -0.245. The van der Waals surface area contributed by atoms with Gasteiger partial charge in [-0.15, -0.1) is 0 Å². The van der Waals surface area contributed by atoms with Gasteiger partial charge >= 0.3 is 0 Å². The van der Waals surface area contributed by atoms with Gasteiger partial charge in [0, 0.05) is 29.7 Å². The van der Waals surface area contributed by atoms with Crippen LogP contribution in [-0.4, -0.2) is 20.9 Å². The van der Waals surface area contributed by atoms with Gasteiger partial charge in [-0.25, -0.2) is 0 Å². The Bertz CT molecular complexity index is 1020. The molecule has 23 heavy (non-hydrogen) atoms. The molecular formula is C18H12N4O. The van der Waals surface area contributed by atoms with Crippen molar-refractivity contribution < 1.29 is 4.79 Å². The van der Waals surface area contributed by atoms with Crippen LogP contribution in [0.1, 0.15) is 10.5 Å². The van der Waals surface area contributed by atoms with Crippen LogP contribution in [-0.2, 0) is 0 Å². The van der Waals surface area contributed by atoms with E-state index in [4.69, 9.17) is 0 Å². The number of amides is 1. The Kier molecular flexibility index (Phi) is 3.16. The maximum absolute atomic E-state index is 12.6. The van der Waals surface area contributed by atoms with E-state index in [9.17, 15) is 4.79 Å². The summed E-state index contributed by atoms with van der Waals surface area (Å²) in [4.78, 5) is 25.2. The van der Waals surface area contributed by atoms with Crippen molar-refractivity contribution in [2.45, 2.75) is 0 Å². The monoisotopic (exact) mass is 300 g/mol. The first-order valence-corrected chi connectivity index (χ1v) is 7.17. The molecule has 2 heterocycles. The molecule has 0 fully saturated rings. The SMILES string of the molecule is O=C(Nc1ccc2nccnc2c1)c1nccc2ccccc12. The van der Waals surface area contributed by atoms with Crippen LogP contribution < -0.4 is 5.32 Å². The molecule has 0 radical (unpaired) electrons. The minimum absolute atomic E-state index is 0.245. The Morgan fingerprint density at radius 1 is 0.826 bits per heavy atom. The molecule has 0 saturated heterocycles. The van der Waals surface area contributed by atoms with Crippen LogP contribution >= 0.6 is 0 Å². The largest absolute Gasteiger partial charge is 0.321 e. The lowest BCUT2D eigenvalue weighted by Crippen LogP contribution is -2.14. The predicted octanol–water partition coefficient (Wildman–Crippen LogP) is 3.43. The highest BCUT2D eigenvalue weighted by Gasteiger charge is 2.12. The quantitative estimate of drug-likeness (QED) is 0.616. The topological polar surface area (TPSA) is 67.8 Å². The van der Waals surface area contributed by atoms with Gasteiger partial charge < -0.3 is 5.32 Å². The molecule has 0 aliphatic rings. The molecule has 2 aromatic heterocycles. The third kappa shape index (κ3) is 2.48. The number of nitrogens with zero attached hydrogens (tertiary/aromatic N) is 3. The first-order chi connectivity index (χ1) is 11.3. The summed E-state index contributed by atoms with van der Waals surface area (Å²) in [5, 5.41) is 4.68. The molecule has 4 rings (SSSR count). The van der Waals surface area contributed by atoms with Crippen molar-refractivity contribution in [3.63, 3.8) is 0 Å². The molecule has 0 aliphatic heterocycles. The molecule has 1 N–H and O–H groups in total. The molecule has 0 spiro atoms. The van der Waals surface area contributed by atoms with Gasteiger partial charge in [0.15, 0.2) is 0 Å². The molecule has 0 atom stereocenters. The van der Waals surface area contributed by atoms with E-state index in [1.54, 1.807) is 30.7 Å². The molecule has 0 unspecified atom stereocenters. The smallest absolute Gasteiger partial charge is 0.274 e. The van der Waals surface area contributed by atoms with Crippen LogP contribution in [0.3, 0.4) is 0 Å². The summed E-state index contributed by atoms with van der Waals surface area (Å²) in [6, 6.07) is 15.0. The fraction of sp³-hybridized carbons (Fsp3) is 0. The molecular weight excluding hydrogens is 288 g/mol. The lowest BCUT2D eigenvalue weighted by atomic mass is 10.1. The van der Waals surface area contributed by atoms with Crippen LogP contribution in [0.25, 0.3) is 21.8 Å². The van der Waals surface area contributed by atoms with Crippen molar-refractivity contribution in [1.29, 1.82) is 0 Å². The summed E-state index contributed by atoms with van der Waals surface area (Å²) in [7, 11) is 0. The summed E-state index contributed by atoms with van der Waals surface area (Å²) < 4.78 is 0. The Labute approximate surface area is 132 Å². The highest BCUT2D eigenvalue weighted by atomic mass is 16.1. The van der Waals surface area contributed by atoms with Gasteiger partial charge in [-0.05, 0) is 29.7 Å². The lowest BCUT2D eigenvalue weighted by molar-refractivity contribution is 0.102. The van der Waals surface area contributed by atoms with Crippen molar-refractivity contribution in [3.8, 4) is 0 Å². The maximum Gasteiger partial charge on any atom is 0.274 e. The van der Waals surface area contributed by atoms with Gasteiger partial charge in [-0.2, -0.15) is 0 Å². The van der Waals surface area contributed by atoms with Crippen molar-refractivity contribution in [3.05, 3.63) is 72.8 Å². The summed E-state index contributed by atoms with van der Waals surface area (Å²) >= 11 is 0. The molecule has 0 saturated carbocycles. The minimum Gasteiger partial charge on any atom is -0.321 e. The molecule has 2 aromatic carbocycles. The van der Waals surface area contributed by atoms with Crippen LogP contribution in [0.2, 0.25) is 0 Å². The standard InChI is InChI=1S/C18H12N4O/c23-18(17-14-4-2-1-3-12(14)7-8-21-17)22-13-5-6-15-16(11-13)20-10-9-19-15/h1-11H,(H,22,23). The third-order valence-electron chi connectivity index (χ3n) is 3.62. The lowest BCUT2D eigenvalue weighted by Gasteiger charge is -2.07. The second kappa shape index (κ2) is 5.46. The van der Waals surface area contributed by atoms with E-state index in [0.717, 1.165) is 21.8 Å². The third-order valence-corrected chi connectivity index (χ3v) is 3.62. The zero-order chi connectivity index (χ0) is 15.6. The number of hydrogen-bond donors (Lipinski definition) is 1. The number of carbonyl (C=O) groups excluding carboxylic acids is 1. The fourth-order valence-electron chi connectivity index (χ4n) is 2.53. The van der Waals surface area contributed by atoms with E-state index in [2.05, 4.69) is 20.3 Å². The second-order valence-corrected chi connectivity index (χ2v) is 5.09. The number of fused-ring (bicyclic) bond motifs is 2. The van der Waals surface area contributed by atoms with E-state index in [1.807, 2.05) is 36.4 Å². The number of carbonyl (C=O) groups is 1. The van der Waals surface area contributed by atoms with E-state index in [1.165, 1.54) is 0 Å². The van der Waals surface area contributed by atoms with E-state index < -0.39 is 0 Å². The molecule has 5 nitrogen and oxygen atoms in total. The first-order valence-electron chi connectivity index (χ1n) is 7.17. The number of pyridine rings is 1. The summed E-state index contributed by atoms with van der Waals surface area (Å²) in [6.45, 7) is 0. The predicted molar refractivity (Wildman–Crippen MR) is 89.2 cm³/mol. The summed E-state index contributed by atoms with van der Waals surface area (Å²) in [5.41, 5.74) is 2.59. The average molecular weight is 300 g/mol. The van der Waals surface area contributed by atoms with Crippen molar-refractivity contribution in [2.24, 2.45) is 0 Å². The van der Waals surface area contributed by atoms with Crippen LogP contribution in [0, 0.1) is 0 Å². The van der Waals surface area contributed by atoms with Crippen LogP contribution in [0.5, 0.6) is 0 Å². The zero-order valence-corrected chi connectivity index (χ0v) is 12.1. The number of aromatic nitrogens is 3. The number of rotatable bonds is 2. The van der Waals surface area contributed by atoms with Gasteiger partial charge in [0.25, 0.3) is 5.91 Å². The van der Waals surface area contributed by atoms with Gasteiger partial charge in [-0.3, -0.25) is 19.7 Å². The highest BCUT2D eigenvalue weighted by molar-refractivity contribution is 6.11. The van der Waals surface area contributed by atoms with Crippen molar-refractivity contribution in [2.75, 3.05) is 5.32 Å². The van der Waals surface area contributed by atoms with Gasteiger partial charge in [0.05, 0.1) is 11.0 Å². The number of nitrogens with one attached hydrogen (secondary N) is 1. The van der Waals surface area contributed by atoms with Crippen molar-refractivity contribution in [1.82, 2.24) is 15.0 Å². The number of hydrogen-bond acceptors (Lipinski definition) is 4. The minimum atomic E-state index is -0.245. The Morgan fingerprint density at radius 3 is 2.57 bits per heavy atom. The van der Waals surface area contributed by atoms with Crippen LogP contribution in [0.15, 0.2) is 67.1 Å². The normalized spacial score (nSPS) is 10.8. The molecule has 0 bridgehead atoms. The van der Waals surface area contributed by atoms with Gasteiger partial charge in [0.2, 0.25) is 0 Å². The summed E-state index contributed by atoms with van der Waals surface area (Å²) in [6.07, 6.45) is 4.91. The van der Waals surface area contributed by atoms with E-state index >= 15 is 0 Å². The molecule has 0 aliphatic carbocycles. The molecule has 4 aromatic rings. The fourth-order valence-corrected chi connectivity index (χ4v) is 2.53. The Hall–Kier alpha value is -3.34. The Balaban J connectivity index is 1.70. The van der Waals surface area contributed by atoms with E-state index in [0.29, 0.717) is 11.4 Å². The zero-order valence-electron chi connectivity index (χ0n) is 12.1. The number of anilines is 1. The average Bonchev–Trinajstić information content (AvgIpc) is 2.61. The van der Waals surface area contributed by atoms with Crippen molar-refractivity contribution >= 4 is 33.4 Å². The molecule has 1 amide bonds. The van der Waals surface area contributed by atoms with Gasteiger partial charge in [0.1, 0.15) is 5.69 Å². The molecule has 5 heteroatoms. The van der Waals surface area contributed by atoms with E-state index in [-0.39, 0.29) is 5.91 Å². The second-order valence-electron chi connectivity index (χ2n) is 5.09. The number of benzene rings is 2. The maximum atomic E-state index is 12.6. The van der Waals surface area contributed by atoms with Crippen LogP contribution in [0.4, 0.5) is 5.69 Å². The first kappa shape index (κ1) is 13.3. The van der Waals surface area contributed by atoms with Gasteiger partial charge in [-0.1, -0.05) is 24.3 Å².